The molecule has 7 heteroatoms. The predicted octanol–water partition coefficient (Wildman–Crippen LogP) is -0.402. The molecule has 0 radical (unpaired) electrons. The molecule has 3 N–H and O–H groups in total. The van der Waals surface area contributed by atoms with Gasteiger partial charge in [-0.2, -0.15) is 0 Å². The lowest BCUT2D eigenvalue weighted by Crippen LogP contribution is -2.57. The van der Waals surface area contributed by atoms with Crippen molar-refractivity contribution in [2.75, 3.05) is 13.7 Å². The molecule has 7 nitrogen and oxygen atoms in total. The molecule has 0 spiro atoms. The summed E-state index contributed by atoms with van der Waals surface area (Å²) in [6.45, 7) is 2.06. The number of amides is 1. The molecule has 1 heterocycles. The summed E-state index contributed by atoms with van der Waals surface area (Å²) in [5.41, 5.74) is 0. The Balaban J connectivity index is 2.92. The molecule has 0 aromatic carbocycles. The minimum absolute atomic E-state index is 0.453. The number of esters is 1. The van der Waals surface area contributed by atoms with Crippen LogP contribution in [-0.4, -0.2) is 59.1 Å². The number of aliphatic hydroxyl groups excluding tert-OH is 1. The first-order valence-electron chi connectivity index (χ1n) is 5.49. The Bertz CT molecular complexity index is 288. The predicted molar refractivity (Wildman–Crippen MR) is 58.4 cm³/mol. The van der Waals surface area contributed by atoms with Gasteiger partial charge in [-0.15, -0.1) is 0 Å². The molecule has 2 unspecified atom stereocenters. The van der Waals surface area contributed by atoms with Crippen LogP contribution in [0, 0.1) is 0 Å². The zero-order chi connectivity index (χ0) is 13.0. The molecule has 1 rings (SSSR count). The number of carbonyl (C=O) groups excluding carboxylic acids is 1. The highest BCUT2D eigenvalue weighted by atomic mass is 16.5. The van der Waals surface area contributed by atoms with Gasteiger partial charge >= 0.3 is 12.1 Å². The summed E-state index contributed by atoms with van der Waals surface area (Å²) in [5, 5.41) is 21.7. The number of carbonyl (C=O) groups is 2. The number of nitrogens with zero attached hydrogens (tertiary/aromatic N) is 1. The third-order valence-corrected chi connectivity index (χ3v) is 2.79. The van der Waals surface area contributed by atoms with Gasteiger partial charge in [0, 0.05) is 0 Å². The van der Waals surface area contributed by atoms with Crippen LogP contribution in [0.2, 0.25) is 0 Å². The molecule has 0 aromatic heterocycles. The monoisotopic (exact) mass is 246 g/mol. The van der Waals surface area contributed by atoms with Crippen LogP contribution in [0.15, 0.2) is 0 Å². The van der Waals surface area contributed by atoms with Crippen molar-refractivity contribution in [3.8, 4) is 0 Å². The third kappa shape index (κ3) is 3.07. The van der Waals surface area contributed by atoms with Crippen molar-refractivity contribution in [2.45, 2.75) is 38.1 Å². The summed E-state index contributed by atoms with van der Waals surface area (Å²) in [5.74, 6) is -0.754. The average molecular weight is 246 g/mol. The third-order valence-electron chi connectivity index (χ3n) is 2.79. The second-order valence-electron chi connectivity index (χ2n) is 4.01. The molecule has 1 amide bonds. The van der Waals surface area contributed by atoms with Crippen molar-refractivity contribution in [2.24, 2.45) is 0 Å². The summed E-state index contributed by atoms with van der Waals surface area (Å²) >= 11 is 0. The van der Waals surface area contributed by atoms with Gasteiger partial charge in [-0.25, -0.2) is 9.59 Å². The van der Waals surface area contributed by atoms with E-state index in [-0.39, 0.29) is 0 Å². The van der Waals surface area contributed by atoms with E-state index in [1.165, 1.54) is 14.0 Å². The Hall–Kier alpha value is -1.34. The number of hydrogen-bond donors (Lipinski definition) is 3. The maximum atomic E-state index is 11.5. The van der Waals surface area contributed by atoms with Crippen LogP contribution in [0.5, 0.6) is 0 Å². The Kier molecular flexibility index (Phi) is 4.71. The van der Waals surface area contributed by atoms with Crippen LogP contribution in [0.3, 0.4) is 0 Å². The second kappa shape index (κ2) is 5.83. The van der Waals surface area contributed by atoms with Crippen LogP contribution in [0.25, 0.3) is 0 Å². The van der Waals surface area contributed by atoms with Gasteiger partial charge in [-0.3, -0.25) is 10.2 Å². The van der Waals surface area contributed by atoms with Crippen LogP contribution in [0.1, 0.15) is 19.8 Å². The Morgan fingerprint density at radius 1 is 1.53 bits per heavy atom. The van der Waals surface area contributed by atoms with Gasteiger partial charge in [0.05, 0.1) is 19.4 Å². The molecule has 0 aliphatic carbocycles. The first-order valence-corrected chi connectivity index (χ1v) is 5.49. The van der Waals surface area contributed by atoms with E-state index in [4.69, 9.17) is 5.11 Å². The first kappa shape index (κ1) is 13.7. The fraction of sp³-hybridized carbons (Fsp3) is 0.800. The summed E-state index contributed by atoms with van der Waals surface area (Å²) in [4.78, 5) is 23.7. The molecule has 3 atom stereocenters. The summed E-state index contributed by atoms with van der Waals surface area (Å²) in [6, 6.07) is -1.20. The summed E-state index contributed by atoms with van der Waals surface area (Å²) in [6.07, 6.45) is -1.37. The largest absolute Gasteiger partial charge is 0.467 e. The second-order valence-corrected chi connectivity index (χ2v) is 4.01. The minimum atomic E-state index is -1.25. The standard InChI is InChI=1S/C10H18N2O5/c1-6(13)8(9(14)17-2)12(10(15)16)7-4-3-5-11-7/h6-8,11,13H,3-5H2,1-2H3,(H,15,16)/t6?,7-,8?/m0/s1. The van der Waals surface area contributed by atoms with E-state index in [0.717, 1.165) is 11.3 Å². The Labute approximate surface area is 99.4 Å². The number of nitrogens with one attached hydrogen (secondary N) is 1. The average Bonchev–Trinajstić information content (AvgIpc) is 2.76. The van der Waals surface area contributed by atoms with Gasteiger partial charge < -0.3 is 14.9 Å². The molecule has 17 heavy (non-hydrogen) atoms. The maximum absolute atomic E-state index is 11.5. The van der Waals surface area contributed by atoms with Gasteiger partial charge in [-0.05, 0) is 26.3 Å². The van der Waals surface area contributed by atoms with Crippen LogP contribution >= 0.6 is 0 Å². The first-order chi connectivity index (χ1) is 7.99. The molecular weight excluding hydrogens is 228 g/mol. The van der Waals surface area contributed by atoms with Crippen molar-refractivity contribution in [3.63, 3.8) is 0 Å². The van der Waals surface area contributed by atoms with E-state index in [0.29, 0.717) is 13.0 Å². The number of ether oxygens (including phenoxy) is 1. The van der Waals surface area contributed by atoms with Gasteiger partial charge in [0.2, 0.25) is 0 Å². The van der Waals surface area contributed by atoms with E-state index >= 15 is 0 Å². The summed E-state index contributed by atoms with van der Waals surface area (Å²) < 4.78 is 4.53. The highest BCUT2D eigenvalue weighted by Crippen LogP contribution is 2.17. The van der Waals surface area contributed by atoms with E-state index < -0.39 is 30.4 Å². The number of hydrogen-bond acceptors (Lipinski definition) is 5. The number of aliphatic hydroxyl groups is 1. The molecule has 0 aromatic rings. The molecule has 0 bridgehead atoms. The molecular formula is C10H18N2O5. The van der Waals surface area contributed by atoms with Crippen molar-refractivity contribution in [3.05, 3.63) is 0 Å². The molecule has 1 saturated heterocycles. The molecule has 1 fully saturated rings. The van der Waals surface area contributed by atoms with E-state index in [1.54, 1.807) is 0 Å². The van der Waals surface area contributed by atoms with Gasteiger partial charge in [0.25, 0.3) is 0 Å². The lowest BCUT2D eigenvalue weighted by molar-refractivity contribution is -0.151. The molecule has 1 aliphatic heterocycles. The van der Waals surface area contributed by atoms with Crippen molar-refractivity contribution >= 4 is 12.1 Å². The fourth-order valence-electron chi connectivity index (χ4n) is 2.01. The van der Waals surface area contributed by atoms with Crippen molar-refractivity contribution in [1.29, 1.82) is 0 Å². The molecule has 98 valence electrons. The lowest BCUT2D eigenvalue weighted by Gasteiger charge is -2.33. The smallest absolute Gasteiger partial charge is 0.409 e. The van der Waals surface area contributed by atoms with E-state index in [1.807, 2.05) is 0 Å². The summed E-state index contributed by atoms with van der Waals surface area (Å²) in [7, 11) is 1.17. The van der Waals surface area contributed by atoms with Crippen LogP contribution in [-0.2, 0) is 9.53 Å². The minimum Gasteiger partial charge on any atom is -0.467 e. The van der Waals surface area contributed by atoms with E-state index in [9.17, 15) is 14.7 Å². The zero-order valence-corrected chi connectivity index (χ0v) is 9.92. The SMILES string of the molecule is COC(=O)C(C(C)O)N(C(=O)O)[C@H]1CCCN1. The zero-order valence-electron chi connectivity index (χ0n) is 9.92. The highest BCUT2D eigenvalue weighted by molar-refractivity contribution is 5.81. The molecule has 1 aliphatic rings. The van der Waals surface area contributed by atoms with Gasteiger partial charge in [0.15, 0.2) is 6.04 Å². The Morgan fingerprint density at radius 3 is 2.53 bits per heavy atom. The number of methoxy groups -OCH3 is 1. The van der Waals surface area contributed by atoms with Crippen LogP contribution in [0.4, 0.5) is 4.79 Å². The lowest BCUT2D eigenvalue weighted by atomic mass is 10.1. The normalized spacial score (nSPS) is 22.9. The van der Waals surface area contributed by atoms with Gasteiger partial charge in [0.1, 0.15) is 0 Å². The van der Waals surface area contributed by atoms with Crippen molar-refractivity contribution < 1.29 is 24.5 Å². The molecule has 0 saturated carbocycles. The van der Waals surface area contributed by atoms with E-state index in [2.05, 4.69) is 10.1 Å². The number of carboxylic acid groups (broad SMARTS) is 1. The fourth-order valence-corrected chi connectivity index (χ4v) is 2.01. The Morgan fingerprint density at radius 2 is 2.18 bits per heavy atom. The highest BCUT2D eigenvalue weighted by Gasteiger charge is 2.39. The maximum Gasteiger partial charge on any atom is 0.409 e. The van der Waals surface area contributed by atoms with Gasteiger partial charge in [-0.1, -0.05) is 0 Å². The van der Waals surface area contributed by atoms with Crippen molar-refractivity contribution in [1.82, 2.24) is 10.2 Å². The number of rotatable bonds is 4. The quantitative estimate of drug-likeness (QED) is 0.584. The van der Waals surface area contributed by atoms with Crippen LogP contribution < -0.4 is 5.32 Å². The topological polar surface area (TPSA) is 99.1 Å².